The van der Waals surface area contributed by atoms with Gasteiger partial charge in [-0.25, -0.2) is 0 Å². The summed E-state index contributed by atoms with van der Waals surface area (Å²) < 4.78 is 0. The third kappa shape index (κ3) is 3.94. The molecule has 0 bridgehead atoms. The molecule has 1 atom stereocenters. The first-order valence-corrected chi connectivity index (χ1v) is 6.42. The van der Waals surface area contributed by atoms with Gasteiger partial charge in [0.1, 0.15) is 5.78 Å². The molecule has 0 saturated heterocycles. The monoisotopic (exact) mass is 211 g/mol. The Bertz CT molecular complexity index is 201. The van der Waals surface area contributed by atoms with Gasteiger partial charge in [-0.3, -0.25) is 9.69 Å². The van der Waals surface area contributed by atoms with Crippen LogP contribution in [0.2, 0.25) is 0 Å². The molecule has 1 fully saturated rings. The highest BCUT2D eigenvalue weighted by Gasteiger charge is 2.28. The molecular weight excluding hydrogens is 186 g/mol. The molecule has 1 aliphatic carbocycles. The summed E-state index contributed by atoms with van der Waals surface area (Å²) in [6, 6.07) is 1.12. The molecule has 88 valence electrons. The number of Topliss-reactive ketones (excluding diaryl/α,β-unsaturated/α-hetero) is 1. The van der Waals surface area contributed by atoms with Crippen LogP contribution in [0.1, 0.15) is 59.3 Å². The Labute approximate surface area is 94.0 Å². The maximum Gasteiger partial charge on any atom is 0.134 e. The minimum absolute atomic E-state index is 0.459. The van der Waals surface area contributed by atoms with Gasteiger partial charge in [0, 0.05) is 24.9 Å². The molecule has 0 spiro atoms. The minimum Gasteiger partial charge on any atom is -0.300 e. The van der Waals surface area contributed by atoms with Crippen molar-refractivity contribution in [3.8, 4) is 0 Å². The predicted molar refractivity (Wildman–Crippen MR) is 64.0 cm³/mol. The highest BCUT2D eigenvalue weighted by atomic mass is 16.1. The molecule has 1 unspecified atom stereocenters. The van der Waals surface area contributed by atoms with Crippen LogP contribution in [0.25, 0.3) is 0 Å². The van der Waals surface area contributed by atoms with Crippen molar-refractivity contribution in [2.45, 2.75) is 71.4 Å². The Morgan fingerprint density at radius 3 is 2.60 bits per heavy atom. The Morgan fingerprint density at radius 1 is 1.40 bits per heavy atom. The van der Waals surface area contributed by atoms with Crippen LogP contribution in [0, 0.1) is 0 Å². The van der Waals surface area contributed by atoms with Crippen molar-refractivity contribution in [2.75, 3.05) is 6.54 Å². The fraction of sp³-hybridized carbons (Fsp3) is 0.923. The highest BCUT2D eigenvalue weighted by molar-refractivity contribution is 5.81. The lowest BCUT2D eigenvalue weighted by molar-refractivity contribution is -0.117. The van der Waals surface area contributed by atoms with Crippen molar-refractivity contribution >= 4 is 5.78 Å². The van der Waals surface area contributed by atoms with Gasteiger partial charge < -0.3 is 0 Å². The van der Waals surface area contributed by atoms with Crippen LogP contribution in [0.4, 0.5) is 0 Å². The van der Waals surface area contributed by atoms with Gasteiger partial charge in [0.15, 0.2) is 0 Å². The van der Waals surface area contributed by atoms with Crippen LogP contribution < -0.4 is 0 Å². The number of ketones is 1. The molecule has 0 amide bonds. The first kappa shape index (κ1) is 12.7. The lowest BCUT2D eigenvalue weighted by Gasteiger charge is -2.32. The van der Waals surface area contributed by atoms with Crippen molar-refractivity contribution in [3.05, 3.63) is 0 Å². The molecule has 2 heteroatoms. The molecule has 0 aromatic rings. The van der Waals surface area contributed by atoms with E-state index in [1.165, 1.54) is 25.8 Å². The Hall–Kier alpha value is -0.370. The number of nitrogens with zero attached hydrogens (tertiary/aromatic N) is 1. The predicted octanol–water partition coefficient (Wildman–Crippen LogP) is 3.01. The summed E-state index contributed by atoms with van der Waals surface area (Å²) in [4.78, 5) is 13.8. The average Bonchev–Trinajstić information content (AvgIpc) is 2.59. The van der Waals surface area contributed by atoms with E-state index in [4.69, 9.17) is 0 Å². The number of hydrogen-bond acceptors (Lipinski definition) is 2. The number of rotatable bonds is 6. The largest absolute Gasteiger partial charge is 0.300 e. The molecule has 0 aliphatic heterocycles. The molecule has 0 aromatic carbocycles. The van der Waals surface area contributed by atoms with Crippen LogP contribution in [0.5, 0.6) is 0 Å². The van der Waals surface area contributed by atoms with E-state index in [9.17, 15) is 4.79 Å². The fourth-order valence-electron chi connectivity index (χ4n) is 2.48. The quantitative estimate of drug-likeness (QED) is 0.629. The molecule has 0 N–H and O–H groups in total. The standard InChI is InChI=1S/C13H25NO/c1-4-5-6-9-14(11(2)3)12-7-8-13(15)10-12/h11-12H,4-10H2,1-3H3. The average molecular weight is 211 g/mol. The first-order valence-electron chi connectivity index (χ1n) is 6.42. The summed E-state index contributed by atoms with van der Waals surface area (Å²) in [5.74, 6) is 0.459. The lowest BCUT2D eigenvalue weighted by atomic mass is 10.1. The molecule has 1 rings (SSSR count). The van der Waals surface area contributed by atoms with Gasteiger partial charge in [-0.2, -0.15) is 0 Å². The minimum atomic E-state index is 0.459. The Morgan fingerprint density at radius 2 is 2.13 bits per heavy atom. The maximum absolute atomic E-state index is 11.3. The summed E-state index contributed by atoms with van der Waals surface area (Å²) in [7, 11) is 0. The molecule has 1 aliphatic rings. The zero-order valence-corrected chi connectivity index (χ0v) is 10.5. The number of carbonyl (C=O) groups excluding carboxylic acids is 1. The second kappa shape index (κ2) is 6.26. The summed E-state index contributed by atoms with van der Waals surface area (Å²) in [6.07, 6.45) is 6.55. The van der Waals surface area contributed by atoms with Gasteiger partial charge in [-0.15, -0.1) is 0 Å². The van der Waals surface area contributed by atoms with Crippen molar-refractivity contribution in [1.29, 1.82) is 0 Å². The van der Waals surface area contributed by atoms with Gasteiger partial charge in [0.25, 0.3) is 0 Å². The Balaban J connectivity index is 2.39. The second-order valence-electron chi connectivity index (χ2n) is 4.97. The van der Waals surface area contributed by atoms with Gasteiger partial charge >= 0.3 is 0 Å². The van der Waals surface area contributed by atoms with E-state index in [1.54, 1.807) is 0 Å². The van der Waals surface area contributed by atoms with Crippen LogP contribution >= 0.6 is 0 Å². The van der Waals surface area contributed by atoms with Crippen molar-refractivity contribution < 1.29 is 4.79 Å². The van der Waals surface area contributed by atoms with E-state index in [0.717, 1.165) is 19.3 Å². The third-order valence-corrected chi connectivity index (χ3v) is 3.37. The molecule has 0 heterocycles. The normalized spacial score (nSPS) is 21.9. The summed E-state index contributed by atoms with van der Waals surface area (Å²) in [5, 5.41) is 0. The smallest absolute Gasteiger partial charge is 0.134 e. The fourth-order valence-corrected chi connectivity index (χ4v) is 2.48. The molecule has 0 aromatic heterocycles. The third-order valence-electron chi connectivity index (χ3n) is 3.37. The van der Waals surface area contributed by atoms with Crippen LogP contribution in [-0.4, -0.2) is 29.3 Å². The SMILES string of the molecule is CCCCCN(C(C)C)C1CCC(=O)C1. The summed E-state index contributed by atoms with van der Waals surface area (Å²) >= 11 is 0. The van der Waals surface area contributed by atoms with E-state index < -0.39 is 0 Å². The van der Waals surface area contributed by atoms with Gasteiger partial charge in [0.05, 0.1) is 0 Å². The van der Waals surface area contributed by atoms with Gasteiger partial charge in [-0.1, -0.05) is 19.8 Å². The number of hydrogen-bond donors (Lipinski definition) is 0. The van der Waals surface area contributed by atoms with Crippen LogP contribution in [-0.2, 0) is 4.79 Å². The number of unbranched alkanes of at least 4 members (excludes halogenated alkanes) is 2. The van der Waals surface area contributed by atoms with Crippen LogP contribution in [0.3, 0.4) is 0 Å². The van der Waals surface area contributed by atoms with E-state index in [-0.39, 0.29) is 0 Å². The second-order valence-corrected chi connectivity index (χ2v) is 4.97. The van der Waals surface area contributed by atoms with E-state index >= 15 is 0 Å². The molecule has 2 nitrogen and oxygen atoms in total. The molecule has 1 saturated carbocycles. The van der Waals surface area contributed by atoms with E-state index in [1.807, 2.05) is 0 Å². The van der Waals surface area contributed by atoms with Crippen molar-refractivity contribution in [3.63, 3.8) is 0 Å². The lowest BCUT2D eigenvalue weighted by Crippen LogP contribution is -2.39. The zero-order chi connectivity index (χ0) is 11.3. The Kier molecular flexibility index (Phi) is 5.30. The van der Waals surface area contributed by atoms with Crippen LogP contribution in [0.15, 0.2) is 0 Å². The summed E-state index contributed by atoms with van der Waals surface area (Å²) in [5.41, 5.74) is 0. The van der Waals surface area contributed by atoms with E-state index in [2.05, 4.69) is 25.7 Å². The van der Waals surface area contributed by atoms with E-state index in [0.29, 0.717) is 17.9 Å². The summed E-state index contributed by atoms with van der Waals surface area (Å²) in [6.45, 7) is 7.89. The topological polar surface area (TPSA) is 20.3 Å². The number of carbonyl (C=O) groups is 1. The first-order chi connectivity index (χ1) is 7.15. The van der Waals surface area contributed by atoms with Crippen molar-refractivity contribution in [2.24, 2.45) is 0 Å². The highest BCUT2D eigenvalue weighted by Crippen LogP contribution is 2.23. The van der Waals surface area contributed by atoms with Gasteiger partial charge in [0.2, 0.25) is 0 Å². The molecule has 0 radical (unpaired) electrons. The zero-order valence-electron chi connectivity index (χ0n) is 10.5. The van der Waals surface area contributed by atoms with Gasteiger partial charge in [-0.05, 0) is 33.2 Å². The maximum atomic E-state index is 11.3. The van der Waals surface area contributed by atoms with Crippen molar-refractivity contribution in [1.82, 2.24) is 4.90 Å². The molecular formula is C13H25NO. The molecule has 15 heavy (non-hydrogen) atoms.